The lowest BCUT2D eigenvalue weighted by atomic mass is 10.3. The number of nitrogens with zero attached hydrogens (tertiary/aromatic N) is 3. The van der Waals surface area contributed by atoms with E-state index in [0.717, 1.165) is 5.56 Å². The maximum atomic E-state index is 11.1. The zero-order valence-electron chi connectivity index (χ0n) is 8.90. The highest BCUT2D eigenvalue weighted by Gasteiger charge is 2.17. The number of aliphatic hydroxyl groups excluding tert-OH is 1. The average molecular weight is 223 g/mol. The van der Waals surface area contributed by atoms with Crippen LogP contribution in [0.25, 0.3) is 0 Å². The van der Waals surface area contributed by atoms with Crippen LogP contribution in [-0.4, -0.2) is 41.3 Å². The summed E-state index contributed by atoms with van der Waals surface area (Å²) in [5.74, 6) is 1.01. The number of amides is 2. The van der Waals surface area contributed by atoms with Gasteiger partial charge in [0.05, 0.1) is 6.61 Å². The van der Waals surface area contributed by atoms with Crippen LogP contribution < -0.4 is 15.5 Å². The molecule has 2 rings (SSSR count). The SMILES string of the molecule is CN(CCO)c1ncc2c(n1)NC(=O)NC2. The van der Waals surface area contributed by atoms with E-state index in [2.05, 4.69) is 20.6 Å². The average Bonchev–Trinajstić information content (AvgIpc) is 2.28. The van der Waals surface area contributed by atoms with Crippen molar-refractivity contribution in [2.24, 2.45) is 0 Å². The first-order chi connectivity index (χ1) is 7.70. The summed E-state index contributed by atoms with van der Waals surface area (Å²) in [7, 11) is 1.78. The lowest BCUT2D eigenvalue weighted by Crippen LogP contribution is -2.34. The molecule has 0 aromatic carbocycles. The normalized spacial score (nSPS) is 13.8. The highest BCUT2D eigenvalue weighted by Crippen LogP contribution is 2.17. The van der Waals surface area contributed by atoms with E-state index in [1.54, 1.807) is 18.1 Å². The summed E-state index contributed by atoms with van der Waals surface area (Å²) in [6.07, 6.45) is 1.66. The van der Waals surface area contributed by atoms with Gasteiger partial charge in [-0.3, -0.25) is 5.32 Å². The molecule has 7 nitrogen and oxygen atoms in total. The third-order valence-corrected chi connectivity index (χ3v) is 2.30. The van der Waals surface area contributed by atoms with Gasteiger partial charge in [-0.25, -0.2) is 9.78 Å². The van der Waals surface area contributed by atoms with Crippen molar-refractivity contribution in [2.75, 3.05) is 30.4 Å². The van der Waals surface area contributed by atoms with Gasteiger partial charge in [0.2, 0.25) is 5.95 Å². The van der Waals surface area contributed by atoms with Gasteiger partial charge in [0.25, 0.3) is 0 Å². The van der Waals surface area contributed by atoms with Gasteiger partial charge in [0, 0.05) is 31.9 Å². The molecule has 1 aliphatic heterocycles. The molecule has 1 aromatic rings. The largest absolute Gasteiger partial charge is 0.395 e. The third-order valence-electron chi connectivity index (χ3n) is 2.30. The highest BCUT2D eigenvalue weighted by molar-refractivity contribution is 5.91. The number of nitrogens with one attached hydrogen (secondary N) is 2. The van der Waals surface area contributed by atoms with Crippen molar-refractivity contribution in [1.29, 1.82) is 0 Å². The monoisotopic (exact) mass is 223 g/mol. The topological polar surface area (TPSA) is 90.4 Å². The summed E-state index contributed by atoms with van der Waals surface area (Å²) in [5.41, 5.74) is 0.848. The zero-order chi connectivity index (χ0) is 11.5. The van der Waals surface area contributed by atoms with Crippen molar-refractivity contribution >= 4 is 17.8 Å². The van der Waals surface area contributed by atoms with Crippen molar-refractivity contribution in [3.05, 3.63) is 11.8 Å². The molecule has 2 amide bonds. The van der Waals surface area contributed by atoms with E-state index in [0.29, 0.717) is 24.9 Å². The van der Waals surface area contributed by atoms with Gasteiger partial charge in [-0.05, 0) is 0 Å². The first-order valence-corrected chi connectivity index (χ1v) is 4.93. The Bertz CT molecular complexity index is 409. The molecule has 0 fully saturated rings. The van der Waals surface area contributed by atoms with Gasteiger partial charge in [0.15, 0.2) is 0 Å². The molecule has 0 radical (unpaired) electrons. The predicted molar refractivity (Wildman–Crippen MR) is 58.2 cm³/mol. The molecular weight excluding hydrogens is 210 g/mol. The summed E-state index contributed by atoms with van der Waals surface area (Å²) in [5, 5.41) is 14.0. The maximum Gasteiger partial charge on any atom is 0.320 e. The summed E-state index contributed by atoms with van der Waals surface area (Å²) in [4.78, 5) is 21.2. The molecule has 86 valence electrons. The Balaban J connectivity index is 2.24. The van der Waals surface area contributed by atoms with E-state index in [1.807, 2.05) is 0 Å². The van der Waals surface area contributed by atoms with Gasteiger partial charge in [0.1, 0.15) is 5.82 Å². The molecule has 1 aromatic heterocycles. The van der Waals surface area contributed by atoms with Crippen LogP contribution >= 0.6 is 0 Å². The minimum Gasteiger partial charge on any atom is -0.395 e. The smallest absolute Gasteiger partial charge is 0.320 e. The zero-order valence-corrected chi connectivity index (χ0v) is 8.90. The van der Waals surface area contributed by atoms with E-state index in [-0.39, 0.29) is 12.6 Å². The van der Waals surface area contributed by atoms with Crippen LogP contribution in [-0.2, 0) is 6.54 Å². The van der Waals surface area contributed by atoms with Crippen LogP contribution in [0.15, 0.2) is 6.20 Å². The number of aliphatic hydroxyl groups is 1. The molecule has 0 saturated carbocycles. The Morgan fingerprint density at radius 1 is 1.62 bits per heavy atom. The van der Waals surface area contributed by atoms with Gasteiger partial charge >= 0.3 is 6.03 Å². The maximum absolute atomic E-state index is 11.1. The molecule has 0 aliphatic carbocycles. The molecule has 0 bridgehead atoms. The second kappa shape index (κ2) is 4.31. The Kier molecular flexibility index (Phi) is 2.86. The van der Waals surface area contributed by atoms with Gasteiger partial charge < -0.3 is 15.3 Å². The minimum atomic E-state index is -0.262. The van der Waals surface area contributed by atoms with E-state index in [9.17, 15) is 4.79 Å². The summed E-state index contributed by atoms with van der Waals surface area (Å²) < 4.78 is 0. The van der Waals surface area contributed by atoms with Gasteiger partial charge in [-0.2, -0.15) is 4.98 Å². The Hall–Kier alpha value is -1.89. The van der Waals surface area contributed by atoms with E-state index >= 15 is 0 Å². The van der Waals surface area contributed by atoms with Crippen LogP contribution in [0.5, 0.6) is 0 Å². The Labute approximate surface area is 92.5 Å². The molecule has 2 heterocycles. The van der Waals surface area contributed by atoms with Crippen LogP contribution in [0.4, 0.5) is 16.6 Å². The summed E-state index contributed by atoms with van der Waals surface area (Å²) >= 11 is 0. The number of likely N-dealkylation sites (N-methyl/N-ethyl adjacent to an activating group) is 1. The number of rotatable bonds is 3. The van der Waals surface area contributed by atoms with Crippen molar-refractivity contribution < 1.29 is 9.90 Å². The first kappa shape index (κ1) is 10.6. The van der Waals surface area contributed by atoms with Crippen LogP contribution in [0.3, 0.4) is 0 Å². The second-order valence-electron chi connectivity index (χ2n) is 3.50. The van der Waals surface area contributed by atoms with Crippen LogP contribution in [0.1, 0.15) is 5.56 Å². The molecule has 3 N–H and O–H groups in total. The molecule has 7 heteroatoms. The van der Waals surface area contributed by atoms with Gasteiger partial charge in [-0.1, -0.05) is 0 Å². The lowest BCUT2D eigenvalue weighted by Gasteiger charge is -2.20. The predicted octanol–water partition coefficient (Wildman–Crippen LogP) is -0.460. The van der Waals surface area contributed by atoms with E-state index in [1.165, 1.54) is 0 Å². The van der Waals surface area contributed by atoms with Crippen LogP contribution in [0.2, 0.25) is 0 Å². The first-order valence-electron chi connectivity index (χ1n) is 4.93. The number of aromatic nitrogens is 2. The third kappa shape index (κ3) is 2.03. The number of fused-ring (bicyclic) bond motifs is 1. The fraction of sp³-hybridized carbons (Fsp3) is 0.444. The molecule has 0 unspecified atom stereocenters. The van der Waals surface area contributed by atoms with Crippen molar-refractivity contribution in [3.63, 3.8) is 0 Å². The van der Waals surface area contributed by atoms with Crippen LogP contribution in [0, 0.1) is 0 Å². The summed E-state index contributed by atoms with van der Waals surface area (Å²) in [6.45, 7) is 0.918. The minimum absolute atomic E-state index is 0.0326. The van der Waals surface area contributed by atoms with Crippen molar-refractivity contribution in [3.8, 4) is 0 Å². The molecule has 0 saturated heterocycles. The second-order valence-corrected chi connectivity index (χ2v) is 3.50. The highest BCUT2D eigenvalue weighted by atomic mass is 16.3. The van der Waals surface area contributed by atoms with Crippen molar-refractivity contribution in [1.82, 2.24) is 15.3 Å². The fourth-order valence-corrected chi connectivity index (χ4v) is 1.40. The molecular formula is C9H13N5O2. The molecule has 0 atom stereocenters. The van der Waals surface area contributed by atoms with Crippen molar-refractivity contribution in [2.45, 2.75) is 6.54 Å². The quantitative estimate of drug-likeness (QED) is 0.645. The van der Waals surface area contributed by atoms with Gasteiger partial charge in [-0.15, -0.1) is 0 Å². The summed E-state index contributed by atoms with van der Waals surface area (Å²) in [6, 6.07) is -0.262. The van der Waals surface area contributed by atoms with E-state index < -0.39 is 0 Å². The number of anilines is 2. The number of carbonyl (C=O) groups excluding carboxylic acids is 1. The number of carbonyl (C=O) groups is 1. The molecule has 0 spiro atoms. The molecule has 16 heavy (non-hydrogen) atoms. The Morgan fingerprint density at radius 3 is 3.19 bits per heavy atom. The molecule has 1 aliphatic rings. The fourth-order valence-electron chi connectivity index (χ4n) is 1.40. The number of hydrogen-bond donors (Lipinski definition) is 3. The number of hydrogen-bond acceptors (Lipinski definition) is 5. The van der Waals surface area contributed by atoms with E-state index in [4.69, 9.17) is 5.11 Å². The number of urea groups is 1. The Morgan fingerprint density at radius 2 is 2.44 bits per heavy atom. The lowest BCUT2D eigenvalue weighted by molar-refractivity contribution is 0.250. The standard InChI is InChI=1S/C9H13N5O2/c1-14(2-3-15)8-10-4-6-5-11-9(16)13-7(6)12-8/h4,15H,2-3,5H2,1H3,(H2,10,11,12,13,16).